The maximum atomic E-state index is 12.8. The predicted molar refractivity (Wildman–Crippen MR) is 92.6 cm³/mol. The number of carbonyl (C=O) groups excluding carboxylic acids is 1. The normalized spacial score (nSPS) is 18.0. The van der Waals surface area contributed by atoms with Crippen LogP contribution in [0, 0.1) is 0 Å². The molecular formula is C16H15N3O2S2. The molecule has 1 fully saturated rings. The first-order valence-electron chi connectivity index (χ1n) is 7.49. The minimum atomic E-state index is -0.0594. The van der Waals surface area contributed by atoms with Crippen molar-refractivity contribution in [3.8, 4) is 0 Å². The number of rotatable bonds is 4. The molecule has 0 radical (unpaired) electrons. The van der Waals surface area contributed by atoms with E-state index in [0.29, 0.717) is 16.5 Å². The van der Waals surface area contributed by atoms with Gasteiger partial charge in [0.05, 0.1) is 27.7 Å². The minimum Gasteiger partial charge on any atom is -0.394 e. The van der Waals surface area contributed by atoms with Crippen molar-refractivity contribution in [2.75, 3.05) is 18.1 Å². The molecule has 1 aliphatic heterocycles. The summed E-state index contributed by atoms with van der Waals surface area (Å²) < 4.78 is 0.826. The summed E-state index contributed by atoms with van der Waals surface area (Å²) >= 11 is 2.91. The molecule has 1 saturated heterocycles. The fourth-order valence-electron chi connectivity index (χ4n) is 2.95. The second kappa shape index (κ2) is 5.99. The molecule has 4 heterocycles. The molecule has 4 rings (SSSR count). The molecule has 0 unspecified atom stereocenters. The van der Waals surface area contributed by atoms with E-state index in [2.05, 4.69) is 9.97 Å². The third-order valence-electron chi connectivity index (χ3n) is 4.10. The Kier molecular flexibility index (Phi) is 3.84. The lowest BCUT2D eigenvalue weighted by atomic mass is 10.2. The quantitative estimate of drug-likeness (QED) is 0.737. The van der Waals surface area contributed by atoms with E-state index in [1.165, 1.54) is 22.7 Å². The lowest BCUT2D eigenvalue weighted by Crippen LogP contribution is -2.33. The summed E-state index contributed by atoms with van der Waals surface area (Å²) in [5.74, 6) is 0.489. The van der Waals surface area contributed by atoms with Crippen LogP contribution in [0.5, 0.6) is 0 Å². The Morgan fingerprint density at radius 3 is 3.00 bits per heavy atom. The van der Waals surface area contributed by atoms with E-state index >= 15 is 0 Å². The number of aliphatic hydroxyl groups is 1. The molecule has 0 aromatic carbocycles. The Morgan fingerprint density at radius 1 is 1.30 bits per heavy atom. The molecule has 23 heavy (non-hydrogen) atoms. The van der Waals surface area contributed by atoms with Crippen molar-refractivity contribution in [1.29, 1.82) is 0 Å². The maximum absolute atomic E-state index is 12.8. The van der Waals surface area contributed by atoms with Gasteiger partial charge in [-0.2, -0.15) is 0 Å². The van der Waals surface area contributed by atoms with Crippen molar-refractivity contribution in [2.24, 2.45) is 0 Å². The number of anilines is 1. The number of thiophene rings is 2. The van der Waals surface area contributed by atoms with Crippen molar-refractivity contribution in [1.82, 2.24) is 9.97 Å². The molecule has 1 N–H and O–H groups in total. The Morgan fingerprint density at radius 2 is 2.22 bits per heavy atom. The Bertz CT molecular complexity index is 844. The van der Waals surface area contributed by atoms with Crippen LogP contribution in [0.1, 0.15) is 28.2 Å². The van der Waals surface area contributed by atoms with Crippen LogP contribution in [0.4, 0.5) is 5.95 Å². The first-order chi connectivity index (χ1) is 11.3. The van der Waals surface area contributed by atoms with Crippen LogP contribution in [0.15, 0.2) is 29.0 Å². The van der Waals surface area contributed by atoms with Gasteiger partial charge in [-0.3, -0.25) is 4.79 Å². The van der Waals surface area contributed by atoms with Crippen LogP contribution in [-0.2, 0) is 0 Å². The molecule has 0 spiro atoms. The van der Waals surface area contributed by atoms with Gasteiger partial charge in [-0.1, -0.05) is 6.07 Å². The van der Waals surface area contributed by atoms with Gasteiger partial charge >= 0.3 is 0 Å². The molecule has 118 valence electrons. The predicted octanol–water partition coefficient (Wildman–Crippen LogP) is 2.94. The highest BCUT2D eigenvalue weighted by molar-refractivity contribution is 7.17. The standard InChI is InChI=1S/C16H15N3O2S2/c20-9-10-3-1-6-19(10)16-17-11-5-8-23-15(11)13(18-16)14(21)12-4-2-7-22-12/h2,4-5,7-8,10,20H,1,3,6,9H2/t10-/m1/s1. The fraction of sp³-hybridized carbons (Fsp3) is 0.312. The van der Waals surface area contributed by atoms with Gasteiger partial charge in [-0.25, -0.2) is 9.97 Å². The minimum absolute atomic E-state index is 0.0378. The zero-order valence-corrected chi connectivity index (χ0v) is 13.9. The van der Waals surface area contributed by atoms with E-state index in [9.17, 15) is 9.90 Å². The second-order valence-corrected chi connectivity index (χ2v) is 7.35. The van der Waals surface area contributed by atoms with Crippen molar-refractivity contribution < 1.29 is 9.90 Å². The fourth-order valence-corrected chi connectivity index (χ4v) is 4.43. The molecule has 0 amide bonds. The Balaban J connectivity index is 1.83. The smallest absolute Gasteiger partial charge is 0.226 e. The van der Waals surface area contributed by atoms with Crippen molar-refractivity contribution in [3.63, 3.8) is 0 Å². The molecule has 3 aromatic rings. The third-order valence-corrected chi connectivity index (χ3v) is 5.88. The lowest BCUT2D eigenvalue weighted by Gasteiger charge is -2.23. The zero-order valence-electron chi connectivity index (χ0n) is 12.3. The highest BCUT2D eigenvalue weighted by Crippen LogP contribution is 2.30. The number of hydrogen-bond donors (Lipinski definition) is 1. The summed E-state index contributed by atoms with van der Waals surface area (Å²) in [5.41, 5.74) is 1.26. The van der Waals surface area contributed by atoms with E-state index in [-0.39, 0.29) is 18.4 Å². The summed E-state index contributed by atoms with van der Waals surface area (Å²) in [4.78, 5) is 24.7. The van der Waals surface area contributed by atoms with Gasteiger partial charge in [0, 0.05) is 6.54 Å². The summed E-state index contributed by atoms with van der Waals surface area (Å²) in [6.07, 6.45) is 1.93. The number of carbonyl (C=O) groups is 1. The molecular weight excluding hydrogens is 330 g/mol. The van der Waals surface area contributed by atoms with E-state index in [0.717, 1.165) is 29.6 Å². The average molecular weight is 345 g/mol. The molecule has 7 heteroatoms. The monoisotopic (exact) mass is 345 g/mol. The number of nitrogens with zero attached hydrogens (tertiary/aromatic N) is 3. The first kappa shape index (κ1) is 14.7. The number of hydrogen-bond acceptors (Lipinski definition) is 7. The summed E-state index contributed by atoms with van der Waals surface area (Å²) in [6, 6.07) is 5.64. The van der Waals surface area contributed by atoms with Crippen LogP contribution in [0.3, 0.4) is 0 Å². The number of fused-ring (bicyclic) bond motifs is 1. The van der Waals surface area contributed by atoms with Crippen LogP contribution < -0.4 is 4.90 Å². The average Bonchev–Trinajstić information content (AvgIpc) is 3.33. The van der Waals surface area contributed by atoms with Gasteiger partial charge in [-0.15, -0.1) is 22.7 Å². The topological polar surface area (TPSA) is 66.3 Å². The number of ketones is 1. The van der Waals surface area contributed by atoms with Gasteiger partial charge in [0.25, 0.3) is 0 Å². The summed E-state index contributed by atoms with van der Waals surface area (Å²) in [5, 5.41) is 13.4. The molecule has 0 saturated carbocycles. The molecule has 1 aliphatic rings. The molecule has 3 aromatic heterocycles. The Labute approximate surface area is 141 Å². The molecule has 5 nitrogen and oxygen atoms in total. The Hall–Kier alpha value is -1.83. The van der Waals surface area contributed by atoms with Gasteiger partial charge in [0.1, 0.15) is 5.69 Å². The number of aliphatic hydroxyl groups excluding tert-OH is 1. The van der Waals surface area contributed by atoms with Crippen LogP contribution in [0.2, 0.25) is 0 Å². The zero-order chi connectivity index (χ0) is 15.8. The molecule has 0 bridgehead atoms. The van der Waals surface area contributed by atoms with Gasteiger partial charge < -0.3 is 10.0 Å². The van der Waals surface area contributed by atoms with E-state index in [1.807, 2.05) is 33.9 Å². The summed E-state index contributed by atoms with van der Waals surface area (Å²) in [6.45, 7) is 0.896. The van der Waals surface area contributed by atoms with Gasteiger partial charge in [0.2, 0.25) is 11.7 Å². The van der Waals surface area contributed by atoms with Crippen molar-refractivity contribution >= 4 is 44.6 Å². The van der Waals surface area contributed by atoms with Crippen molar-refractivity contribution in [2.45, 2.75) is 18.9 Å². The van der Waals surface area contributed by atoms with E-state index in [4.69, 9.17) is 0 Å². The molecule has 0 aliphatic carbocycles. The van der Waals surface area contributed by atoms with Gasteiger partial charge in [-0.05, 0) is 35.7 Å². The first-order valence-corrected chi connectivity index (χ1v) is 9.25. The van der Waals surface area contributed by atoms with Crippen LogP contribution in [0.25, 0.3) is 10.2 Å². The van der Waals surface area contributed by atoms with Gasteiger partial charge in [0.15, 0.2) is 0 Å². The summed E-state index contributed by atoms with van der Waals surface area (Å²) in [7, 11) is 0. The second-order valence-electron chi connectivity index (χ2n) is 5.49. The van der Waals surface area contributed by atoms with Crippen LogP contribution in [-0.4, -0.2) is 40.1 Å². The van der Waals surface area contributed by atoms with E-state index < -0.39 is 0 Å². The highest BCUT2D eigenvalue weighted by atomic mass is 32.1. The maximum Gasteiger partial charge on any atom is 0.226 e. The lowest BCUT2D eigenvalue weighted by molar-refractivity contribution is 0.103. The SMILES string of the molecule is O=C(c1cccs1)c1nc(N2CCC[C@@H]2CO)nc2ccsc12. The van der Waals surface area contributed by atoms with Crippen molar-refractivity contribution in [3.05, 3.63) is 39.5 Å². The third kappa shape index (κ3) is 2.54. The highest BCUT2D eigenvalue weighted by Gasteiger charge is 2.28. The molecule has 1 atom stereocenters. The largest absolute Gasteiger partial charge is 0.394 e. The van der Waals surface area contributed by atoms with Crippen LogP contribution >= 0.6 is 22.7 Å². The van der Waals surface area contributed by atoms with E-state index in [1.54, 1.807) is 0 Å². The number of aromatic nitrogens is 2.